The zero-order valence-electron chi connectivity index (χ0n) is 20.9. The van der Waals surface area contributed by atoms with Gasteiger partial charge in [0.1, 0.15) is 11.5 Å². The summed E-state index contributed by atoms with van der Waals surface area (Å²) in [5, 5.41) is 21.6. The maximum Gasteiger partial charge on any atom is 0.125 e. The molecule has 2 nitrogen and oxygen atoms in total. The van der Waals surface area contributed by atoms with E-state index in [1.165, 1.54) is 22.3 Å². The fourth-order valence-corrected chi connectivity index (χ4v) is 4.89. The molecule has 0 aliphatic heterocycles. The molecule has 0 saturated heterocycles. The van der Waals surface area contributed by atoms with Crippen molar-refractivity contribution in [1.29, 1.82) is 0 Å². The zero-order chi connectivity index (χ0) is 23.8. The van der Waals surface area contributed by atoms with Crippen LogP contribution in [0.3, 0.4) is 0 Å². The molecule has 0 atom stereocenters. The summed E-state index contributed by atoms with van der Waals surface area (Å²) in [5.74, 6) is 0.907. The summed E-state index contributed by atoms with van der Waals surface area (Å²) in [6.45, 7) is 18.6. The van der Waals surface area contributed by atoms with Gasteiger partial charge in [-0.2, -0.15) is 0 Å². The minimum Gasteiger partial charge on any atom is -0.507 e. The molecular weight excluding hydrogens is 392 g/mol. The Morgan fingerprint density at radius 1 is 0.750 bits per heavy atom. The van der Waals surface area contributed by atoms with Crippen LogP contribution in [0.5, 0.6) is 11.5 Å². The highest BCUT2D eigenvalue weighted by Gasteiger charge is 2.25. The fraction of sp³-hybridized carbons (Fsp3) is 0.467. The molecule has 0 aliphatic rings. The van der Waals surface area contributed by atoms with Crippen LogP contribution in [0.15, 0.2) is 25.3 Å². The lowest BCUT2D eigenvalue weighted by molar-refractivity contribution is 0.467. The number of rotatable bonds is 12. The molecule has 0 radical (unpaired) electrons. The quantitative estimate of drug-likeness (QED) is 0.351. The van der Waals surface area contributed by atoms with E-state index in [2.05, 4.69) is 46.1 Å². The minimum atomic E-state index is 0.203. The average Bonchev–Trinajstić information content (AvgIpc) is 2.78. The number of aryl methyl sites for hydroxylation is 2. The third-order valence-corrected chi connectivity index (χ3v) is 6.65. The van der Waals surface area contributed by atoms with E-state index >= 15 is 0 Å². The third-order valence-electron chi connectivity index (χ3n) is 6.65. The van der Waals surface area contributed by atoms with Crippen molar-refractivity contribution in [1.82, 2.24) is 0 Å². The molecular formula is C30H42O2. The number of phenolic OH excluding ortho intramolecular Hbond substituents is 2. The standard InChI is InChI=1S/C30H42O2/c1-8-13-16-25-22(11-4)29(31)20(6)18-27(25)24(15-10-3)28-19-21(7)30(32)23(12-5)26(28)17-14-9-2/h11-12,18-19,24,31-32H,4-5,8-10,13-17H2,1-3,6-7H3. The summed E-state index contributed by atoms with van der Waals surface area (Å²) in [7, 11) is 0. The SMILES string of the molecule is C=Cc1c(O)c(C)cc(C(CCC)c2cc(C)c(O)c(C=C)c2CCCC)c1CCCC. The largest absolute Gasteiger partial charge is 0.507 e. The topological polar surface area (TPSA) is 40.5 Å². The third kappa shape index (κ3) is 5.28. The molecule has 0 amide bonds. The number of hydrogen-bond donors (Lipinski definition) is 2. The fourth-order valence-electron chi connectivity index (χ4n) is 4.89. The first-order valence-electron chi connectivity index (χ1n) is 12.3. The van der Waals surface area contributed by atoms with Crippen molar-refractivity contribution in [3.8, 4) is 11.5 Å². The summed E-state index contributed by atoms with van der Waals surface area (Å²) in [6, 6.07) is 4.38. The van der Waals surface area contributed by atoms with Crippen LogP contribution in [0.1, 0.15) is 110 Å². The van der Waals surface area contributed by atoms with Crippen molar-refractivity contribution in [3.05, 3.63) is 69.8 Å². The monoisotopic (exact) mass is 434 g/mol. The van der Waals surface area contributed by atoms with Crippen molar-refractivity contribution >= 4 is 12.2 Å². The molecule has 32 heavy (non-hydrogen) atoms. The molecule has 174 valence electrons. The van der Waals surface area contributed by atoms with Gasteiger partial charge in [0.15, 0.2) is 0 Å². The molecule has 2 aromatic rings. The van der Waals surface area contributed by atoms with Crippen molar-refractivity contribution in [2.45, 2.75) is 91.9 Å². The van der Waals surface area contributed by atoms with Gasteiger partial charge in [-0.15, -0.1) is 0 Å². The van der Waals surface area contributed by atoms with Crippen LogP contribution in [0, 0.1) is 13.8 Å². The predicted molar refractivity (Wildman–Crippen MR) is 140 cm³/mol. The van der Waals surface area contributed by atoms with E-state index in [1.54, 1.807) is 0 Å². The molecule has 0 aromatic heterocycles. The van der Waals surface area contributed by atoms with Crippen LogP contribution < -0.4 is 0 Å². The molecule has 0 bridgehead atoms. The van der Waals surface area contributed by atoms with Crippen LogP contribution in [-0.4, -0.2) is 10.2 Å². The highest BCUT2D eigenvalue weighted by atomic mass is 16.3. The van der Waals surface area contributed by atoms with E-state index in [0.29, 0.717) is 11.5 Å². The van der Waals surface area contributed by atoms with Gasteiger partial charge < -0.3 is 10.2 Å². The summed E-state index contributed by atoms with van der Waals surface area (Å²) >= 11 is 0. The van der Waals surface area contributed by atoms with Crippen molar-refractivity contribution in [2.24, 2.45) is 0 Å². The normalized spacial score (nSPS) is 11.2. The van der Waals surface area contributed by atoms with E-state index in [0.717, 1.165) is 73.6 Å². The number of phenols is 2. The van der Waals surface area contributed by atoms with Gasteiger partial charge in [0.05, 0.1) is 0 Å². The summed E-state index contributed by atoms with van der Waals surface area (Å²) in [6.07, 6.45) is 11.9. The van der Waals surface area contributed by atoms with Gasteiger partial charge in [-0.25, -0.2) is 0 Å². The van der Waals surface area contributed by atoms with Crippen molar-refractivity contribution in [2.75, 3.05) is 0 Å². The van der Waals surface area contributed by atoms with E-state index in [1.807, 2.05) is 26.0 Å². The number of benzene rings is 2. The first-order valence-corrected chi connectivity index (χ1v) is 12.3. The Kier molecular flexibility index (Phi) is 9.62. The number of aromatic hydroxyl groups is 2. The van der Waals surface area contributed by atoms with Gasteiger partial charge in [-0.1, -0.05) is 77.5 Å². The maximum atomic E-state index is 10.8. The second-order valence-electron chi connectivity index (χ2n) is 9.00. The molecule has 0 aliphatic carbocycles. The lowest BCUT2D eigenvalue weighted by Gasteiger charge is -2.28. The van der Waals surface area contributed by atoms with Gasteiger partial charge in [-0.3, -0.25) is 0 Å². The Bertz CT molecular complexity index is 877. The van der Waals surface area contributed by atoms with Gasteiger partial charge >= 0.3 is 0 Å². The average molecular weight is 435 g/mol. The molecule has 0 heterocycles. The zero-order valence-corrected chi connectivity index (χ0v) is 20.9. The van der Waals surface area contributed by atoms with Gasteiger partial charge in [0.25, 0.3) is 0 Å². The van der Waals surface area contributed by atoms with Gasteiger partial charge in [0, 0.05) is 17.0 Å². The first-order chi connectivity index (χ1) is 15.4. The highest BCUT2D eigenvalue weighted by molar-refractivity contribution is 5.68. The Balaban J connectivity index is 2.88. The molecule has 0 fully saturated rings. The number of unbranched alkanes of at least 4 members (excludes halogenated alkanes) is 2. The summed E-state index contributed by atoms with van der Waals surface area (Å²) in [4.78, 5) is 0. The van der Waals surface area contributed by atoms with E-state index in [-0.39, 0.29) is 5.92 Å². The van der Waals surface area contributed by atoms with Crippen molar-refractivity contribution in [3.63, 3.8) is 0 Å². The molecule has 2 rings (SSSR count). The second kappa shape index (κ2) is 11.9. The lowest BCUT2D eigenvalue weighted by atomic mass is 9.77. The Labute approximate surface area is 195 Å². The smallest absolute Gasteiger partial charge is 0.125 e. The molecule has 0 unspecified atom stereocenters. The molecule has 0 spiro atoms. The van der Waals surface area contributed by atoms with E-state index in [9.17, 15) is 10.2 Å². The Morgan fingerprint density at radius 3 is 1.47 bits per heavy atom. The molecule has 2 aromatic carbocycles. The number of hydrogen-bond acceptors (Lipinski definition) is 2. The van der Waals surface area contributed by atoms with Crippen LogP contribution in [0.25, 0.3) is 12.2 Å². The highest BCUT2D eigenvalue weighted by Crippen LogP contribution is 2.43. The lowest BCUT2D eigenvalue weighted by Crippen LogP contribution is -2.12. The second-order valence-corrected chi connectivity index (χ2v) is 9.00. The molecule has 2 N–H and O–H groups in total. The van der Waals surface area contributed by atoms with Crippen LogP contribution >= 0.6 is 0 Å². The maximum absolute atomic E-state index is 10.8. The van der Waals surface area contributed by atoms with Gasteiger partial charge in [-0.05, 0) is 79.3 Å². The van der Waals surface area contributed by atoms with E-state index < -0.39 is 0 Å². The Morgan fingerprint density at radius 2 is 1.16 bits per heavy atom. The summed E-state index contributed by atoms with van der Waals surface area (Å²) in [5.41, 5.74) is 8.57. The minimum absolute atomic E-state index is 0.203. The van der Waals surface area contributed by atoms with Crippen molar-refractivity contribution < 1.29 is 10.2 Å². The summed E-state index contributed by atoms with van der Waals surface area (Å²) < 4.78 is 0. The molecule has 2 heteroatoms. The van der Waals surface area contributed by atoms with E-state index in [4.69, 9.17) is 0 Å². The van der Waals surface area contributed by atoms with Crippen LogP contribution in [-0.2, 0) is 12.8 Å². The Hall–Kier alpha value is -2.48. The predicted octanol–water partition coefficient (Wildman–Crippen LogP) is 8.62. The van der Waals surface area contributed by atoms with Crippen LogP contribution in [0.4, 0.5) is 0 Å². The first kappa shape index (κ1) is 25.8. The van der Waals surface area contributed by atoms with Gasteiger partial charge in [0.2, 0.25) is 0 Å². The molecule has 0 saturated carbocycles. The van der Waals surface area contributed by atoms with Crippen LogP contribution in [0.2, 0.25) is 0 Å².